The molecule has 2 unspecified atom stereocenters. The molecule has 2 aliphatic rings. The highest BCUT2D eigenvalue weighted by molar-refractivity contribution is 5.92. The third kappa shape index (κ3) is 3.45. The van der Waals surface area contributed by atoms with E-state index in [9.17, 15) is 4.79 Å². The number of carbonyl (C=O) groups is 1. The highest BCUT2D eigenvalue weighted by Gasteiger charge is 2.37. The summed E-state index contributed by atoms with van der Waals surface area (Å²) in [5.74, 6) is 0.962. The van der Waals surface area contributed by atoms with E-state index in [1.165, 1.54) is 5.56 Å². The van der Waals surface area contributed by atoms with Crippen molar-refractivity contribution in [2.75, 3.05) is 19.6 Å². The number of nitrogens with one attached hydrogen (secondary N) is 2. The maximum Gasteiger partial charge on any atom is 0.274 e. The SMILES string of the molecule is Cc1cnc(C(=O)N2CCC(C3NNCC3c3ccncc3)CC2)cn1. The Hall–Kier alpha value is -2.38. The number of likely N-dealkylation sites (tertiary alicyclic amines) is 1. The quantitative estimate of drug-likeness (QED) is 0.866. The minimum Gasteiger partial charge on any atom is -0.337 e. The fraction of sp³-hybridized carbons (Fsp3) is 0.474. The van der Waals surface area contributed by atoms with Crippen LogP contribution in [-0.4, -0.2) is 51.4 Å². The molecule has 0 bridgehead atoms. The molecule has 2 atom stereocenters. The van der Waals surface area contributed by atoms with Gasteiger partial charge in [0.1, 0.15) is 5.69 Å². The Morgan fingerprint density at radius 2 is 1.92 bits per heavy atom. The van der Waals surface area contributed by atoms with Gasteiger partial charge in [0, 0.05) is 50.2 Å². The molecule has 1 amide bonds. The van der Waals surface area contributed by atoms with Crippen LogP contribution in [0.25, 0.3) is 0 Å². The van der Waals surface area contributed by atoms with E-state index >= 15 is 0 Å². The Kier molecular flexibility index (Phi) is 4.90. The molecule has 26 heavy (non-hydrogen) atoms. The lowest BCUT2D eigenvalue weighted by Crippen LogP contribution is -2.46. The van der Waals surface area contributed by atoms with E-state index in [1.807, 2.05) is 24.2 Å². The highest BCUT2D eigenvalue weighted by Crippen LogP contribution is 2.32. The first-order chi connectivity index (χ1) is 12.7. The van der Waals surface area contributed by atoms with Crippen molar-refractivity contribution in [3.05, 3.63) is 53.9 Å². The number of aromatic nitrogens is 3. The van der Waals surface area contributed by atoms with Gasteiger partial charge in [0.2, 0.25) is 0 Å². The van der Waals surface area contributed by atoms with Gasteiger partial charge in [-0.2, -0.15) is 0 Å². The molecular formula is C19H24N6O. The Balaban J connectivity index is 1.39. The van der Waals surface area contributed by atoms with Gasteiger partial charge in [0.15, 0.2) is 0 Å². The van der Waals surface area contributed by atoms with Gasteiger partial charge >= 0.3 is 0 Å². The second-order valence-electron chi connectivity index (χ2n) is 7.11. The van der Waals surface area contributed by atoms with Crippen molar-refractivity contribution < 1.29 is 4.79 Å². The van der Waals surface area contributed by atoms with Crippen molar-refractivity contribution in [1.82, 2.24) is 30.7 Å². The molecule has 7 nitrogen and oxygen atoms in total. The van der Waals surface area contributed by atoms with Crippen LogP contribution >= 0.6 is 0 Å². The van der Waals surface area contributed by atoms with Crippen LogP contribution in [0.15, 0.2) is 36.9 Å². The van der Waals surface area contributed by atoms with Gasteiger partial charge in [-0.25, -0.2) is 4.98 Å². The smallest absolute Gasteiger partial charge is 0.274 e. The molecule has 4 rings (SSSR count). The first-order valence-electron chi connectivity index (χ1n) is 9.18. The number of piperidine rings is 1. The maximum absolute atomic E-state index is 12.6. The summed E-state index contributed by atoms with van der Waals surface area (Å²) in [7, 11) is 0. The van der Waals surface area contributed by atoms with Crippen molar-refractivity contribution in [2.45, 2.75) is 31.7 Å². The predicted molar refractivity (Wildman–Crippen MR) is 97.3 cm³/mol. The number of amides is 1. The van der Waals surface area contributed by atoms with Crippen LogP contribution < -0.4 is 10.9 Å². The van der Waals surface area contributed by atoms with Gasteiger partial charge in [-0.15, -0.1) is 0 Å². The van der Waals surface area contributed by atoms with E-state index in [1.54, 1.807) is 12.4 Å². The topological polar surface area (TPSA) is 83.0 Å². The predicted octanol–water partition coefficient (Wildman–Crippen LogP) is 1.29. The number of carbonyl (C=O) groups excluding carboxylic acids is 1. The van der Waals surface area contributed by atoms with Crippen LogP contribution in [0.4, 0.5) is 0 Å². The summed E-state index contributed by atoms with van der Waals surface area (Å²) >= 11 is 0. The number of pyridine rings is 1. The van der Waals surface area contributed by atoms with Gasteiger partial charge in [-0.05, 0) is 43.4 Å². The van der Waals surface area contributed by atoms with E-state index in [0.29, 0.717) is 23.6 Å². The lowest BCUT2D eigenvalue weighted by Gasteiger charge is -2.36. The van der Waals surface area contributed by atoms with Crippen LogP contribution in [0.1, 0.15) is 40.5 Å². The molecule has 2 N–H and O–H groups in total. The number of hydrazine groups is 1. The molecule has 0 spiro atoms. The first-order valence-corrected chi connectivity index (χ1v) is 9.18. The minimum atomic E-state index is -0.0147. The zero-order valence-corrected chi connectivity index (χ0v) is 14.9. The highest BCUT2D eigenvalue weighted by atomic mass is 16.2. The van der Waals surface area contributed by atoms with Gasteiger partial charge in [0.25, 0.3) is 5.91 Å². The van der Waals surface area contributed by atoms with Crippen molar-refractivity contribution in [1.29, 1.82) is 0 Å². The Labute approximate surface area is 153 Å². The molecule has 0 saturated carbocycles. The van der Waals surface area contributed by atoms with Gasteiger partial charge < -0.3 is 4.90 Å². The first kappa shape index (κ1) is 17.1. The van der Waals surface area contributed by atoms with Crippen LogP contribution in [0.2, 0.25) is 0 Å². The monoisotopic (exact) mass is 352 g/mol. The van der Waals surface area contributed by atoms with Crippen molar-refractivity contribution in [2.24, 2.45) is 5.92 Å². The number of hydrogen-bond donors (Lipinski definition) is 2. The summed E-state index contributed by atoms with van der Waals surface area (Å²) in [5, 5.41) is 0. The lowest BCUT2D eigenvalue weighted by molar-refractivity contribution is 0.0663. The molecule has 2 fully saturated rings. The van der Waals surface area contributed by atoms with E-state index in [2.05, 4.69) is 37.9 Å². The number of rotatable bonds is 3. The summed E-state index contributed by atoms with van der Waals surface area (Å²) < 4.78 is 0. The molecule has 0 radical (unpaired) electrons. The van der Waals surface area contributed by atoms with Crippen LogP contribution in [-0.2, 0) is 0 Å². The minimum absolute atomic E-state index is 0.0147. The molecule has 0 aliphatic carbocycles. The molecule has 2 aromatic heterocycles. The largest absolute Gasteiger partial charge is 0.337 e. The zero-order chi connectivity index (χ0) is 17.9. The number of nitrogens with zero attached hydrogens (tertiary/aromatic N) is 4. The summed E-state index contributed by atoms with van der Waals surface area (Å²) in [6.07, 6.45) is 8.92. The standard InChI is InChI=1S/C19H24N6O/c1-13-10-22-17(12-21-13)19(26)25-8-4-15(5-9-25)18-16(11-23-24-18)14-2-6-20-7-3-14/h2-3,6-7,10,12,15-16,18,23-24H,4-5,8-9,11H2,1H3. The number of hydrogen-bond acceptors (Lipinski definition) is 6. The Morgan fingerprint density at radius 3 is 2.62 bits per heavy atom. The summed E-state index contributed by atoms with van der Waals surface area (Å²) in [5.41, 5.74) is 9.35. The molecule has 0 aromatic carbocycles. The average Bonchev–Trinajstić information content (AvgIpc) is 3.19. The third-order valence-corrected chi connectivity index (χ3v) is 5.49. The molecule has 7 heteroatoms. The van der Waals surface area contributed by atoms with E-state index in [-0.39, 0.29) is 5.91 Å². The molecular weight excluding hydrogens is 328 g/mol. The Bertz CT molecular complexity index is 742. The van der Waals surface area contributed by atoms with Crippen LogP contribution in [0.3, 0.4) is 0 Å². The van der Waals surface area contributed by atoms with Crippen LogP contribution in [0, 0.1) is 12.8 Å². The summed E-state index contributed by atoms with van der Waals surface area (Å²) in [6.45, 7) is 4.32. The van der Waals surface area contributed by atoms with Crippen molar-refractivity contribution >= 4 is 5.91 Å². The van der Waals surface area contributed by atoms with E-state index in [0.717, 1.165) is 38.2 Å². The summed E-state index contributed by atoms with van der Waals surface area (Å²) in [6, 6.07) is 4.58. The van der Waals surface area contributed by atoms with Gasteiger partial charge in [0.05, 0.1) is 11.9 Å². The van der Waals surface area contributed by atoms with E-state index < -0.39 is 0 Å². The average molecular weight is 352 g/mol. The molecule has 136 valence electrons. The molecule has 4 heterocycles. The van der Waals surface area contributed by atoms with Crippen molar-refractivity contribution in [3.63, 3.8) is 0 Å². The molecule has 2 aliphatic heterocycles. The fourth-order valence-corrected chi connectivity index (χ4v) is 4.02. The van der Waals surface area contributed by atoms with Crippen LogP contribution in [0.5, 0.6) is 0 Å². The Morgan fingerprint density at radius 1 is 1.15 bits per heavy atom. The molecule has 2 saturated heterocycles. The van der Waals surface area contributed by atoms with Crippen molar-refractivity contribution in [3.8, 4) is 0 Å². The van der Waals surface area contributed by atoms with Gasteiger partial charge in [-0.3, -0.25) is 25.6 Å². The van der Waals surface area contributed by atoms with Gasteiger partial charge in [-0.1, -0.05) is 0 Å². The number of aryl methyl sites for hydroxylation is 1. The normalized spacial score (nSPS) is 24.0. The lowest BCUT2D eigenvalue weighted by atomic mass is 9.80. The maximum atomic E-state index is 12.6. The van der Waals surface area contributed by atoms with E-state index in [4.69, 9.17) is 0 Å². The second-order valence-corrected chi connectivity index (χ2v) is 7.11. The molecule has 2 aromatic rings. The third-order valence-electron chi connectivity index (χ3n) is 5.49. The zero-order valence-electron chi connectivity index (χ0n) is 14.9. The fourth-order valence-electron chi connectivity index (χ4n) is 4.02. The summed E-state index contributed by atoms with van der Waals surface area (Å²) in [4.78, 5) is 27.0. The second kappa shape index (κ2) is 7.47.